The zero-order valence-electron chi connectivity index (χ0n) is 17.5. The smallest absolute Gasteiger partial charge is 0.255 e. The van der Waals surface area contributed by atoms with Gasteiger partial charge in [-0.15, -0.1) is 35.3 Å². The molecule has 0 radical (unpaired) electrons. The molecule has 2 aromatic rings. The first-order chi connectivity index (χ1) is 14.1. The topological polar surface area (TPSA) is 89.8 Å². The number of nitrogens with one attached hydrogen (secondary N) is 2. The van der Waals surface area contributed by atoms with Crippen molar-refractivity contribution in [3.63, 3.8) is 0 Å². The standard InChI is InChI=1S/C21H29N5O2S.HI/c1-3-22-21(24-13-12-23-20(28)15-8-4-6-10-17(15)27)26(2)14-19-25-16-9-5-7-11-18(16)29-19;/h4,6,8,10,27H,3,5,7,9,11-14H2,1-2H3,(H,22,24)(H,23,28);1H. The van der Waals surface area contributed by atoms with Gasteiger partial charge in [0.05, 0.1) is 24.3 Å². The summed E-state index contributed by atoms with van der Waals surface area (Å²) >= 11 is 1.81. The van der Waals surface area contributed by atoms with Crippen LogP contribution in [0, 0.1) is 0 Å². The van der Waals surface area contributed by atoms with E-state index in [0.717, 1.165) is 30.4 Å². The molecule has 1 amide bonds. The molecule has 1 aromatic carbocycles. The van der Waals surface area contributed by atoms with E-state index in [9.17, 15) is 9.90 Å². The quantitative estimate of drug-likeness (QED) is 0.216. The Hall–Kier alpha value is -1.88. The van der Waals surface area contributed by atoms with Gasteiger partial charge in [-0.1, -0.05) is 12.1 Å². The Balaban J connectivity index is 0.00000320. The van der Waals surface area contributed by atoms with E-state index in [1.54, 1.807) is 18.2 Å². The number of hydrogen-bond acceptors (Lipinski definition) is 5. The van der Waals surface area contributed by atoms with Gasteiger partial charge in [0.25, 0.3) is 5.91 Å². The predicted octanol–water partition coefficient (Wildman–Crippen LogP) is 3.17. The van der Waals surface area contributed by atoms with Gasteiger partial charge in [0, 0.05) is 25.0 Å². The molecular weight excluding hydrogens is 513 g/mol. The van der Waals surface area contributed by atoms with E-state index < -0.39 is 0 Å². The third kappa shape index (κ3) is 6.56. The van der Waals surface area contributed by atoms with Gasteiger partial charge in [0.15, 0.2) is 5.96 Å². The minimum Gasteiger partial charge on any atom is -0.507 e. The average Bonchev–Trinajstić information content (AvgIpc) is 3.12. The lowest BCUT2D eigenvalue weighted by molar-refractivity contribution is 0.0952. The van der Waals surface area contributed by atoms with Crippen LogP contribution in [-0.2, 0) is 19.4 Å². The molecule has 0 fully saturated rings. The maximum atomic E-state index is 12.2. The highest BCUT2D eigenvalue weighted by Gasteiger charge is 2.17. The summed E-state index contributed by atoms with van der Waals surface area (Å²) in [6.07, 6.45) is 4.76. The summed E-state index contributed by atoms with van der Waals surface area (Å²) in [6.45, 7) is 4.35. The fourth-order valence-corrected chi connectivity index (χ4v) is 4.52. The fraction of sp³-hybridized carbons (Fsp3) is 0.476. The van der Waals surface area contributed by atoms with Crippen LogP contribution < -0.4 is 10.6 Å². The maximum Gasteiger partial charge on any atom is 0.255 e. The lowest BCUT2D eigenvalue weighted by Gasteiger charge is -2.21. The number of guanidine groups is 1. The van der Waals surface area contributed by atoms with Gasteiger partial charge >= 0.3 is 0 Å². The monoisotopic (exact) mass is 543 g/mol. The molecule has 1 aliphatic rings. The molecule has 30 heavy (non-hydrogen) atoms. The van der Waals surface area contributed by atoms with Crippen molar-refractivity contribution in [2.75, 3.05) is 26.7 Å². The van der Waals surface area contributed by atoms with Crippen LogP contribution in [-0.4, -0.2) is 53.5 Å². The highest BCUT2D eigenvalue weighted by atomic mass is 127. The van der Waals surface area contributed by atoms with Crippen LogP contribution in [0.15, 0.2) is 29.3 Å². The van der Waals surface area contributed by atoms with Gasteiger partial charge in [-0.3, -0.25) is 9.79 Å². The van der Waals surface area contributed by atoms with E-state index >= 15 is 0 Å². The summed E-state index contributed by atoms with van der Waals surface area (Å²) < 4.78 is 0. The predicted molar refractivity (Wildman–Crippen MR) is 132 cm³/mol. The molecule has 9 heteroatoms. The number of rotatable bonds is 7. The van der Waals surface area contributed by atoms with E-state index in [1.165, 1.54) is 29.5 Å². The van der Waals surface area contributed by atoms with Crippen molar-refractivity contribution in [3.05, 3.63) is 45.4 Å². The van der Waals surface area contributed by atoms with Crippen molar-refractivity contribution in [1.29, 1.82) is 0 Å². The number of phenolic OH excluding ortho intramolecular Hbond substituents is 1. The molecule has 0 atom stereocenters. The zero-order chi connectivity index (χ0) is 20.6. The Morgan fingerprint density at radius 2 is 2.03 bits per heavy atom. The fourth-order valence-electron chi connectivity index (χ4n) is 3.31. The molecule has 1 aliphatic carbocycles. The Kier molecular flexibility index (Phi) is 9.83. The maximum absolute atomic E-state index is 12.2. The van der Waals surface area contributed by atoms with E-state index in [-0.39, 0.29) is 41.2 Å². The van der Waals surface area contributed by atoms with Crippen molar-refractivity contribution >= 4 is 47.2 Å². The lowest BCUT2D eigenvalue weighted by Crippen LogP contribution is -2.39. The van der Waals surface area contributed by atoms with Gasteiger partial charge in [0.1, 0.15) is 10.8 Å². The number of nitrogens with zero attached hydrogens (tertiary/aromatic N) is 3. The number of benzene rings is 1. The van der Waals surface area contributed by atoms with Gasteiger partial charge in [-0.25, -0.2) is 4.98 Å². The molecule has 0 saturated heterocycles. The van der Waals surface area contributed by atoms with Crippen LogP contribution >= 0.6 is 35.3 Å². The second kappa shape index (κ2) is 12.1. The van der Waals surface area contributed by atoms with Crippen molar-refractivity contribution in [2.24, 2.45) is 4.99 Å². The molecule has 0 saturated carbocycles. The number of phenols is 1. The Bertz CT molecular complexity index is 847. The van der Waals surface area contributed by atoms with Gasteiger partial charge in [-0.2, -0.15) is 0 Å². The number of aromatic nitrogens is 1. The average molecular weight is 543 g/mol. The number of carbonyl (C=O) groups excluding carboxylic acids is 1. The van der Waals surface area contributed by atoms with Crippen molar-refractivity contribution in [2.45, 2.75) is 39.2 Å². The van der Waals surface area contributed by atoms with Crippen LogP contribution in [0.1, 0.15) is 45.7 Å². The summed E-state index contributed by atoms with van der Waals surface area (Å²) in [7, 11) is 2.00. The van der Waals surface area contributed by atoms with Crippen LogP contribution in [0.2, 0.25) is 0 Å². The van der Waals surface area contributed by atoms with Gasteiger partial charge < -0.3 is 20.6 Å². The normalized spacial score (nSPS) is 13.2. The van der Waals surface area contributed by atoms with Gasteiger partial charge in [0.2, 0.25) is 0 Å². The highest BCUT2D eigenvalue weighted by Crippen LogP contribution is 2.27. The molecule has 0 bridgehead atoms. The summed E-state index contributed by atoms with van der Waals surface area (Å²) in [5.41, 5.74) is 1.55. The van der Waals surface area contributed by atoms with Gasteiger partial charge in [-0.05, 0) is 44.7 Å². The third-order valence-electron chi connectivity index (χ3n) is 4.77. The minimum absolute atomic E-state index is 0. The van der Waals surface area contributed by atoms with E-state index in [2.05, 4.69) is 20.5 Å². The summed E-state index contributed by atoms with van der Waals surface area (Å²) in [5.74, 6) is 0.468. The van der Waals surface area contributed by atoms with Crippen molar-refractivity contribution < 1.29 is 9.90 Å². The lowest BCUT2D eigenvalue weighted by atomic mass is 10.0. The summed E-state index contributed by atoms with van der Waals surface area (Å²) in [5, 5.41) is 17.0. The molecule has 0 aliphatic heterocycles. The first kappa shape index (κ1) is 24.4. The Morgan fingerprint density at radius 3 is 2.77 bits per heavy atom. The van der Waals surface area contributed by atoms with Crippen molar-refractivity contribution in [3.8, 4) is 5.75 Å². The molecule has 0 unspecified atom stereocenters. The number of halogens is 1. The molecule has 3 rings (SSSR count). The molecule has 164 valence electrons. The number of aromatic hydroxyl groups is 1. The second-order valence-corrected chi connectivity index (χ2v) is 8.22. The van der Waals surface area contributed by atoms with Crippen molar-refractivity contribution in [1.82, 2.24) is 20.5 Å². The van der Waals surface area contributed by atoms with E-state index in [4.69, 9.17) is 4.98 Å². The largest absolute Gasteiger partial charge is 0.507 e. The number of hydrogen-bond donors (Lipinski definition) is 3. The molecule has 0 spiro atoms. The SMILES string of the molecule is CCNC(=NCCNC(=O)c1ccccc1O)N(C)Cc1nc2c(s1)CCCC2.I. The molecule has 7 nitrogen and oxygen atoms in total. The van der Waals surface area contributed by atoms with E-state index in [1.807, 2.05) is 25.3 Å². The number of amides is 1. The van der Waals surface area contributed by atoms with Crippen LogP contribution in [0.3, 0.4) is 0 Å². The molecule has 1 heterocycles. The first-order valence-corrected chi connectivity index (χ1v) is 10.9. The Labute approximate surface area is 199 Å². The first-order valence-electron chi connectivity index (χ1n) is 10.1. The number of fused-ring (bicyclic) bond motifs is 1. The molecular formula is C21H30IN5O2S. The van der Waals surface area contributed by atoms with Crippen LogP contribution in [0.5, 0.6) is 5.75 Å². The van der Waals surface area contributed by atoms with E-state index in [0.29, 0.717) is 19.6 Å². The summed E-state index contributed by atoms with van der Waals surface area (Å²) in [6, 6.07) is 6.51. The summed E-state index contributed by atoms with van der Waals surface area (Å²) in [4.78, 5) is 25.1. The van der Waals surface area contributed by atoms with Crippen LogP contribution in [0.4, 0.5) is 0 Å². The number of aliphatic imine (C=N–C) groups is 1. The van der Waals surface area contributed by atoms with Crippen LogP contribution in [0.25, 0.3) is 0 Å². The number of carbonyl (C=O) groups is 1. The minimum atomic E-state index is -0.301. The third-order valence-corrected chi connectivity index (χ3v) is 5.91. The Morgan fingerprint density at radius 1 is 1.27 bits per heavy atom. The number of aryl methyl sites for hydroxylation is 2. The second-order valence-electron chi connectivity index (χ2n) is 7.05. The zero-order valence-corrected chi connectivity index (χ0v) is 20.6. The molecule has 1 aromatic heterocycles. The highest BCUT2D eigenvalue weighted by molar-refractivity contribution is 14.0. The number of thiazole rings is 1. The molecule has 3 N–H and O–H groups in total. The number of para-hydroxylation sites is 1.